The van der Waals surface area contributed by atoms with Gasteiger partial charge >= 0.3 is 0 Å². The van der Waals surface area contributed by atoms with E-state index in [9.17, 15) is 9.59 Å². The normalized spacial score (nSPS) is 18.6. The Bertz CT molecular complexity index is 270. The van der Waals surface area contributed by atoms with Gasteiger partial charge < -0.3 is 21.1 Å². The fourth-order valence-electron chi connectivity index (χ4n) is 2.11. The van der Waals surface area contributed by atoms with Gasteiger partial charge in [0.15, 0.2) is 0 Å². The monoisotopic (exact) mass is 243 g/mol. The number of rotatable bonds is 6. The molecule has 0 aliphatic carbocycles. The SMILES string of the molecule is COCC1(C(=O)NCCC(N)=O)CCNCC1. The third kappa shape index (κ3) is 3.98. The average Bonchev–Trinajstić information content (AvgIpc) is 2.30. The van der Waals surface area contributed by atoms with Crippen LogP contribution >= 0.6 is 0 Å². The van der Waals surface area contributed by atoms with Crippen molar-refractivity contribution in [3.8, 4) is 0 Å². The van der Waals surface area contributed by atoms with E-state index in [0.29, 0.717) is 13.2 Å². The molecule has 0 aromatic carbocycles. The molecule has 17 heavy (non-hydrogen) atoms. The minimum absolute atomic E-state index is 0.0397. The molecule has 98 valence electrons. The van der Waals surface area contributed by atoms with E-state index in [1.54, 1.807) is 7.11 Å². The van der Waals surface area contributed by atoms with Gasteiger partial charge in [-0.1, -0.05) is 0 Å². The maximum atomic E-state index is 12.1. The lowest BCUT2D eigenvalue weighted by Crippen LogP contribution is -2.50. The number of methoxy groups -OCH3 is 1. The summed E-state index contributed by atoms with van der Waals surface area (Å²) in [6, 6.07) is 0. The molecular formula is C11H21N3O3. The van der Waals surface area contributed by atoms with Crippen LogP contribution in [0.25, 0.3) is 0 Å². The summed E-state index contributed by atoms with van der Waals surface area (Å²) < 4.78 is 5.15. The largest absolute Gasteiger partial charge is 0.384 e. The lowest BCUT2D eigenvalue weighted by Gasteiger charge is -2.35. The van der Waals surface area contributed by atoms with Crippen LogP contribution in [0.3, 0.4) is 0 Å². The first kappa shape index (κ1) is 13.9. The summed E-state index contributed by atoms with van der Waals surface area (Å²) in [6.45, 7) is 2.34. The summed E-state index contributed by atoms with van der Waals surface area (Å²) in [4.78, 5) is 22.7. The number of ether oxygens (including phenoxy) is 1. The van der Waals surface area contributed by atoms with Gasteiger partial charge in [0.1, 0.15) is 0 Å². The van der Waals surface area contributed by atoms with Gasteiger partial charge in [0.25, 0.3) is 0 Å². The van der Waals surface area contributed by atoms with Crippen LogP contribution in [-0.2, 0) is 14.3 Å². The molecule has 1 rings (SSSR count). The highest BCUT2D eigenvalue weighted by Gasteiger charge is 2.39. The second-order valence-corrected chi connectivity index (χ2v) is 4.44. The van der Waals surface area contributed by atoms with Gasteiger partial charge in [-0.25, -0.2) is 0 Å². The van der Waals surface area contributed by atoms with Gasteiger partial charge in [-0.15, -0.1) is 0 Å². The van der Waals surface area contributed by atoms with Crippen LogP contribution < -0.4 is 16.4 Å². The molecule has 4 N–H and O–H groups in total. The van der Waals surface area contributed by atoms with Crippen molar-refractivity contribution in [2.75, 3.05) is 33.4 Å². The molecule has 0 unspecified atom stereocenters. The number of carbonyl (C=O) groups is 2. The maximum Gasteiger partial charge on any atom is 0.228 e. The van der Waals surface area contributed by atoms with Gasteiger partial charge in [0.05, 0.1) is 12.0 Å². The van der Waals surface area contributed by atoms with Crippen LogP contribution in [0, 0.1) is 5.41 Å². The predicted molar refractivity (Wildman–Crippen MR) is 63.2 cm³/mol. The van der Waals surface area contributed by atoms with E-state index in [1.807, 2.05) is 0 Å². The zero-order chi connectivity index (χ0) is 12.7. The van der Waals surface area contributed by atoms with E-state index in [-0.39, 0.29) is 12.3 Å². The molecule has 6 heteroatoms. The van der Waals surface area contributed by atoms with E-state index in [4.69, 9.17) is 10.5 Å². The summed E-state index contributed by atoms with van der Waals surface area (Å²) in [6.07, 6.45) is 1.68. The topological polar surface area (TPSA) is 93.4 Å². The van der Waals surface area contributed by atoms with E-state index in [2.05, 4.69) is 10.6 Å². The van der Waals surface area contributed by atoms with E-state index >= 15 is 0 Å². The van der Waals surface area contributed by atoms with Crippen LogP contribution in [0.2, 0.25) is 0 Å². The number of nitrogens with two attached hydrogens (primary N) is 1. The minimum Gasteiger partial charge on any atom is -0.384 e. The Morgan fingerprint density at radius 2 is 2.06 bits per heavy atom. The smallest absolute Gasteiger partial charge is 0.228 e. The standard InChI is InChI=1S/C11H21N3O3/c1-17-8-11(3-6-13-7-4-11)10(16)14-5-2-9(12)15/h13H,2-8H2,1H3,(H2,12,15)(H,14,16). The molecule has 0 bridgehead atoms. The van der Waals surface area contributed by atoms with Crippen LogP contribution in [0.1, 0.15) is 19.3 Å². The molecule has 6 nitrogen and oxygen atoms in total. The molecule has 1 aliphatic rings. The van der Waals surface area contributed by atoms with Gasteiger partial charge in [0.2, 0.25) is 11.8 Å². The lowest BCUT2D eigenvalue weighted by molar-refractivity contribution is -0.136. The molecule has 2 amide bonds. The number of primary amides is 1. The maximum absolute atomic E-state index is 12.1. The summed E-state index contributed by atoms with van der Waals surface area (Å²) >= 11 is 0. The van der Waals surface area contributed by atoms with Crippen molar-refractivity contribution >= 4 is 11.8 Å². The Hall–Kier alpha value is -1.14. The first-order valence-electron chi connectivity index (χ1n) is 5.87. The van der Waals surface area contributed by atoms with Gasteiger partial charge in [-0.3, -0.25) is 9.59 Å². The molecule has 0 spiro atoms. The number of amides is 2. The Balaban J connectivity index is 2.50. The van der Waals surface area contributed by atoms with Crippen molar-refractivity contribution in [1.29, 1.82) is 0 Å². The third-order valence-corrected chi connectivity index (χ3v) is 3.12. The van der Waals surface area contributed by atoms with Gasteiger partial charge in [-0.2, -0.15) is 0 Å². The summed E-state index contributed by atoms with van der Waals surface area (Å²) in [5.74, 6) is -0.446. The molecule has 1 aliphatic heterocycles. The van der Waals surface area contributed by atoms with Crippen molar-refractivity contribution in [2.24, 2.45) is 11.1 Å². The Kier molecular flexibility index (Phi) is 5.37. The van der Waals surface area contributed by atoms with Crippen molar-refractivity contribution in [3.63, 3.8) is 0 Å². The second kappa shape index (κ2) is 6.56. The van der Waals surface area contributed by atoms with Crippen LogP contribution in [-0.4, -0.2) is 45.2 Å². The Morgan fingerprint density at radius 3 is 2.59 bits per heavy atom. The molecule has 1 fully saturated rings. The predicted octanol–water partition coefficient (Wildman–Crippen LogP) is -1.01. The molecule has 1 heterocycles. The van der Waals surface area contributed by atoms with Crippen LogP contribution in [0.5, 0.6) is 0 Å². The molecule has 0 atom stereocenters. The quantitative estimate of drug-likeness (QED) is 0.557. The number of hydrogen-bond acceptors (Lipinski definition) is 4. The molecule has 0 radical (unpaired) electrons. The second-order valence-electron chi connectivity index (χ2n) is 4.44. The minimum atomic E-state index is -0.461. The van der Waals surface area contributed by atoms with E-state index < -0.39 is 11.3 Å². The number of nitrogens with one attached hydrogen (secondary N) is 2. The molecule has 0 aromatic heterocycles. The number of piperidine rings is 1. The fraction of sp³-hybridized carbons (Fsp3) is 0.818. The van der Waals surface area contributed by atoms with E-state index in [1.165, 1.54) is 0 Å². The van der Waals surface area contributed by atoms with Crippen molar-refractivity contribution in [1.82, 2.24) is 10.6 Å². The number of hydrogen-bond donors (Lipinski definition) is 3. The van der Waals surface area contributed by atoms with Crippen molar-refractivity contribution in [2.45, 2.75) is 19.3 Å². The van der Waals surface area contributed by atoms with Gasteiger partial charge in [0, 0.05) is 20.1 Å². The zero-order valence-corrected chi connectivity index (χ0v) is 10.3. The van der Waals surface area contributed by atoms with Crippen LogP contribution in [0.4, 0.5) is 0 Å². The first-order chi connectivity index (χ1) is 8.10. The highest BCUT2D eigenvalue weighted by Crippen LogP contribution is 2.29. The van der Waals surface area contributed by atoms with Crippen molar-refractivity contribution < 1.29 is 14.3 Å². The molecule has 0 saturated carbocycles. The lowest BCUT2D eigenvalue weighted by atomic mass is 9.78. The van der Waals surface area contributed by atoms with Crippen LogP contribution in [0.15, 0.2) is 0 Å². The summed E-state index contributed by atoms with van der Waals surface area (Å²) in [5.41, 5.74) is 4.56. The molecular weight excluding hydrogens is 222 g/mol. The third-order valence-electron chi connectivity index (χ3n) is 3.12. The van der Waals surface area contributed by atoms with Crippen molar-refractivity contribution in [3.05, 3.63) is 0 Å². The fourth-order valence-corrected chi connectivity index (χ4v) is 2.11. The number of carbonyl (C=O) groups excluding carboxylic acids is 2. The van der Waals surface area contributed by atoms with E-state index in [0.717, 1.165) is 25.9 Å². The highest BCUT2D eigenvalue weighted by molar-refractivity contribution is 5.83. The summed E-state index contributed by atoms with van der Waals surface area (Å²) in [7, 11) is 1.60. The Labute approximate surface area is 101 Å². The molecule has 0 aromatic rings. The first-order valence-corrected chi connectivity index (χ1v) is 5.87. The summed E-state index contributed by atoms with van der Waals surface area (Å²) in [5, 5.41) is 5.98. The Morgan fingerprint density at radius 1 is 1.41 bits per heavy atom. The van der Waals surface area contributed by atoms with Gasteiger partial charge in [-0.05, 0) is 25.9 Å². The zero-order valence-electron chi connectivity index (χ0n) is 10.3. The highest BCUT2D eigenvalue weighted by atomic mass is 16.5. The average molecular weight is 243 g/mol. The molecule has 1 saturated heterocycles.